The molecule has 1 N–H and O–H groups in total. The maximum absolute atomic E-state index is 13.2. The number of piperidine rings is 1. The van der Waals surface area contributed by atoms with Gasteiger partial charge < -0.3 is 9.88 Å². The van der Waals surface area contributed by atoms with Crippen LogP contribution in [0.5, 0.6) is 0 Å². The summed E-state index contributed by atoms with van der Waals surface area (Å²) in [5.74, 6) is 1.08. The van der Waals surface area contributed by atoms with Gasteiger partial charge in [0.2, 0.25) is 10.0 Å². The molecule has 4 heterocycles. The normalized spacial score (nSPS) is 19.5. The van der Waals surface area contributed by atoms with Crippen molar-refractivity contribution in [2.45, 2.75) is 63.8 Å². The number of sulfonamides is 1. The van der Waals surface area contributed by atoms with Crippen LogP contribution >= 0.6 is 0 Å². The van der Waals surface area contributed by atoms with E-state index >= 15 is 0 Å². The van der Waals surface area contributed by atoms with Gasteiger partial charge in [-0.1, -0.05) is 13.3 Å². The Kier molecular flexibility index (Phi) is 6.16. The van der Waals surface area contributed by atoms with Crippen LogP contribution in [0.2, 0.25) is 0 Å². The number of imidazole rings is 1. The van der Waals surface area contributed by atoms with Crippen molar-refractivity contribution in [3.63, 3.8) is 0 Å². The molecule has 0 saturated carbocycles. The number of anilines is 1. The second-order valence-electron chi connectivity index (χ2n) is 9.56. The lowest BCUT2D eigenvalue weighted by Gasteiger charge is -2.30. The van der Waals surface area contributed by atoms with Gasteiger partial charge >= 0.3 is 0 Å². The predicted molar refractivity (Wildman–Crippen MR) is 131 cm³/mol. The van der Waals surface area contributed by atoms with Crippen LogP contribution in [0.4, 0.5) is 5.69 Å². The van der Waals surface area contributed by atoms with Crippen molar-refractivity contribution >= 4 is 32.8 Å². The maximum Gasteiger partial charge on any atom is 0.258 e. The number of benzene rings is 1. The molecular formula is C25H31N5O3S. The van der Waals surface area contributed by atoms with Gasteiger partial charge in [-0.15, -0.1) is 0 Å². The van der Waals surface area contributed by atoms with Crippen molar-refractivity contribution in [3.8, 4) is 0 Å². The van der Waals surface area contributed by atoms with E-state index in [1.807, 2.05) is 6.92 Å². The number of aromatic nitrogens is 3. The fraction of sp³-hybridized carbons (Fsp3) is 0.480. The van der Waals surface area contributed by atoms with E-state index in [0.717, 1.165) is 55.8 Å². The van der Waals surface area contributed by atoms with Gasteiger partial charge in [0.15, 0.2) is 5.65 Å². The first-order valence-corrected chi connectivity index (χ1v) is 13.6. The molecule has 3 aromatic rings. The molecule has 9 heteroatoms. The van der Waals surface area contributed by atoms with Crippen LogP contribution < -0.4 is 5.32 Å². The molecule has 1 atom stereocenters. The average Bonchev–Trinajstić information content (AvgIpc) is 2.99. The summed E-state index contributed by atoms with van der Waals surface area (Å²) in [5, 5.41) is 2.91. The van der Waals surface area contributed by atoms with E-state index in [1.54, 1.807) is 34.6 Å². The highest BCUT2D eigenvalue weighted by Crippen LogP contribution is 2.26. The Hall–Kier alpha value is -2.78. The van der Waals surface area contributed by atoms with Crippen molar-refractivity contribution in [2.24, 2.45) is 5.92 Å². The number of hydrogen-bond acceptors (Lipinski definition) is 5. The number of nitrogens with one attached hydrogen (secondary N) is 1. The number of rotatable bonds is 4. The van der Waals surface area contributed by atoms with Gasteiger partial charge in [-0.25, -0.2) is 18.4 Å². The van der Waals surface area contributed by atoms with Gasteiger partial charge in [0.25, 0.3) is 5.91 Å². The zero-order valence-electron chi connectivity index (χ0n) is 19.7. The fourth-order valence-electron chi connectivity index (χ4n) is 5.01. The molecule has 34 heavy (non-hydrogen) atoms. The van der Waals surface area contributed by atoms with Crippen LogP contribution in [0.15, 0.2) is 35.2 Å². The second-order valence-corrected chi connectivity index (χ2v) is 11.5. The zero-order chi connectivity index (χ0) is 23.9. The lowest BCUT2D eigenvalue weighted by molar-refractivity contribution is 0.102. The summed E-state index contributed by atoms with van der Waals surface area (Å²) in [6, 6.07) is 8.19. The number of pyridine rings is 1. The van der Waals surface area contributed by atoms with Gasteiger partial charge in [-0.2, -0.15) is 4.31 Å². The first kappa shape index (κ1) is 23.0. The molecule has 2 aliphatic rings. The van der Waals surface area contributed by atoms with Gasteiger partial charge in [0.1, 0.15) is 11.3 Å². The van der Waals surface area contributed by atoms with E-state index in [1.165, 1.54) is 6.42 Å². The summed E-state index contributed by atoms with van der Waals surface area (Å²) >= 11 is 0. The summed E-state index contributed by atoms with van der Waals surface area (Å²) < 4.78 is 29.7. The predicted octanol–water partition coefficient (Wildman–Crippen LogP) is 4.14. The molecule has 1 aromatic carbocycles. The van der Waals surface area contributed by atoms with E-state index in [-0.39, 0.29) is 10.8 Å². The van der Waals surface area contributed by atoms with Gasteiger partial charge in [-0.05, 0) is 68.9 Å². The van der Waals surface area contributed by atoms with Crippen molar-refractivity contribution in [2.75, 3.05) is 18.4 Å². The summed E-state index contributed by atoms with van der Waals surface area (Å²) in [5.41, 5.74) is 3.18. The highest BCUT2D eigenvalue weighted by atomic mass is 32.2. The molecule has 1 fully saturated rings. The van der Waals surface area contributed by atoms with Crippen LogP contribution in [0.3, 0.4) is 0 Å². The Morgan fingerprint density at radius 2 is 1.85 bits per heavy atom. The Bertz CT molecular complexity index is 1330. The Balaban J connectivity index is 1.39. The van der Waals surface area contributed by atoms with Gasteiger partial charge in [0.05, 0.1) is 10.5 Å². The maximum atomic E-state index is 13.2. The molecule has 180 valence electrons. The minimum absolute atomic E-state index is 0.250. The molecule has 1 unspecified atom stereocenters. The number of aryl methyl sites for hydroxylation is 3. The summed E-state index contributed by atoms with van der Waals surface area (Å²) in [6.45, 7) is 5.93. The second kappa shape index (κ2) is 9.11. The third-order valence-corrected chi connectivity index (χ3v) is 8.69. The molecule has 5 rings (SSSR count). The van der Waals surface area contributed by atoms with Crippen LogP contribution in [-0.4, -0.2) is 46.3 Å². The van der Waals surface area contributed by atoms with Crippen LogP contribution in [-0.2, 0) is 23.0 Å². The molecule has 0 aliphatic carbocycles. The molecule has 8 nitrogen and oxygen atoms in total. The van der Waals surface area contributed by atoms with E-state index in [9.17, 15) is 13.2 Å². The number of amides is 1. The number of nitrogens with zero attached hydrogens (tertiary/aromatic N) is 4. The Morgan fingerprint density at radius 1 is 1.06 bits per heavy atom. The van der Waals surface area contributed by atoms with Crippen LogP contribution in [0, 0.1) is 12.8 Å². The van der Waals surface area contributed by atoms with E-state index in [4.69, 9.17) is 4.98 Å². The molecule has 0 bridgehead atoms. The molecule has 2 aromatic heterocycles. The van der Waals surface area contributed by atoms with Crippen LogP contribution in [0.1, 0.15) is 60.9 Å². The topological polar surface area (TPSA) is 97.2 Å². The summed E-state index contributed by atoms with van der Waals surface area (Å²) in [4.78, 5) is 22.9. The van der Waals surface area contributed by atoms with Crippen molar-refractivity contribution < 1.29 is 13.2 Å². The Morgan fingerprint density at radius 3 is 2.62 bits per heavy atom. The molecule has 1 amide bonds. The third kappa shape index (κ3) is 4.34. The van der Waals surface area contributed by atoms with Crippen molar-refractivity contribution in [1.82, 2.24) is 18.8 Å². The van der Waals surface area contributed by atoms with Gasteiger partial charge in [-0.3, -0.25) is 4.79 Å². The van der Waals surface area contributed by atoms with E-state index < -0.39 is 10.0 Å². The SMILES string of the molecule is Cc1cc(C(=O)Nc2ccc(S(=O)(=O)N3CCCC(C)C3)cc2)c2nc3n(c2n1)CCCCC3. The monoisotopic (exact) mass is 481 g/mol. The fourth-order valence-corrected chi connectivity index (χ4v) is 6.61. The highest BCUT2D eigenvalue weighted by molar-refractivity contribution is 7.89. The molecule has 2 aliphatic heterocycles. The zero-order valence-corrected chi connectivity index (χ0v) is 20.6. The summed E-state index contributed by atoms with van der Waals surface area (Å²) in [7, 11) is -3.53. The lowest BCUT2D eigenvalue weighted by atomic mass is 10.0. The number of hydrogen-bond donors (Lipinski definition) is 1. The first-order valence-electron chi connectivity index (χ1n) is 12.1. The summed E-state index contributed by atoms with van der Waals surface area (Å²) in [6.07, 6.45) is 6.18. The molecule has 0 spiro atoms. The number of carbonyl (C=O) groups is 1. The van der Waals surface area contributed by atoms with Gasteiger partial charge in [0, 0.05) is 37.4 Å². The minimum atomic E-state index is -3.53. The lowest BCUT2D eigenvalue weighted by Crippen LogP contribution is -2.39. The highest BCUT2D eigenvalue weighted by Gasteiger charge is 2.28. The smallest absolute Gasteiger partial charge is 0.258 e. The standard InChI is InChI=1S/C25H31N5O3S/c1-17-7-6-13-29(16-17)34(32,33)20-11-9-19(10-12-20)27-25(31)21-15-18(2)26-24-23(21)28-22-8-4-3-5-14-30(22)24/h9-12,15,17H,3-8,13-14,16H2,1-2H3,(H,27,31). The molecule has 1 saturated heterocycles. The van der Waals surface area contributed by atoms with Crippen molar-refractivity contribution in [1.29, 1.82) is 0 Å². The third-order valence-electron chi connectivity index (χ3n) is 6.81. The van der Waals surface area contributed by atoms with E-state index in [2.05, 4.69) is 21.8 Å². The Labute approximate surface area is 200 Å². The first-order chi connectivity index (χ1) is 16.3. The van der Waals surface area contributed by atoms with Crippen LogP contribution in [0.25, 0.3) is 11.2 Å². The largest absolute Gasteiger partial charge is 0.322 e. The minimum Gasteiger partial charge on any atom is -0.322 e. The molecule has 0 radical (unpaired) electrons. The molecular weight excluding hydrogens is 450 g/mol. The average molecular weight is 482 g/mol. The quantitative estimate of drug-likeness (QED) is 0.604. The number of fused-ring (bicyclic) bond motifs is 3. The van der Waals surface area contributed by atoms with Crippen molar-refractivity contribution in [3.05, 3.63) is 47.4 Å². The van der Waals surface area contributed by atoms with E-state index in [0.29, 0.717) is 35.8 Å². The number of carbonyl (C=O) groups excluding carboxylic acids is 1.